The summed E-state index contributed by atoms with van der Waals surface area (Å²) in [6.45, 7) is 0.411. The van der Waals surface area contributed by atoms with Crippen LogP contribution in [0.5, 0.6) is 0 Å². The Morgan fingerprint density at radius 3 is 2.71 bits per heavy atom. The van der Waals surface area contributed by atoms with Crippen molar-refractivity contribution in [1.29, 1.82) is 0 Å². The van der Waals surface area contributed by atoms with Crippen molar-refractivity contribution in [1.82, 2.24) is 15.1 Å². The molecule has 0 atom stereocenters. The Hall–Kier alpha value is -2.83. The Kier molecular flexibility index (Phi) is 4.55. The first kappa shape index (κ1) is 14.6. The molecule has 0 saturated carbocycles. The van der Waals surface area contributed by atoms with Gasteiger partial charge in [0.25, 0.3) is 0 Å². The number of nitrogen functional groups attached to an aromatic ring is 1. The molecule has 21 heavy (non-hydrogen) atoms. The van der Waals surface area contributed by atoms with E-state index >= 15 is 0 Å². The van der Waals surface area contributed by atoms with Crippen molar-refractivity contribution in [2.45, 2.75) is 13.1 Å². The van der Waals surface area contributed by atoms with Crippen molar-refractivity contribution in [2.24, 2.45) is 0 Å². The lowest BCUT2D eigenvalue weighted by Crippen LogP contribution is -2.27. The minimum absolute atomic E-state index is 0.00774. The molecule has 2 rings (SSSR count). The van der Waals surface area contributed by atoms with Gasteiger partial charge in [0.1, 0.15) is 6.54 Å². The Balaban J connectivity index is 1.92. The predicted octanol–water partition coefficient (Wildman–Crippen LogP) is 0.568. The van der Waals surface area contributed by atoms with Crippen LogP contribution in [0, 0.1) is 0 Å². The number of aromatic nitrogens is 2. The molecule has 0 bridgehead atoms. The molecule has 7 nitrogen and oxygen atoms in total. The molecule has 1 aromatic heterocycles. The number of anilines is 1. The number of nitrogens with one attached hydrogen (secondary N) is 1. The van der Waals surface area contributed by atoms with E-state index in [-0.39, 0.29) is 23.8 Å². The van der Waals surface area contributed by atoms with Crippen LogP contribution in [0.25, 0.3) is 0 Å². The standard InChI is InChI=1S/C14H16N4O3/c1-21-14(20)13-11(15)8-18(17-13)9-12(19)16-7-10-5-3-2-4-6-10/h2-6,8H,7,9,15H2,1H3,(H,16,19). The Bertz CT molecular complexity index is 637. The number of benzene rings is 1. The molecular weight excluding hydrogens is 272 g/mol. The summed E-state index contributed by atoms with van der Waals surface area (Å²) in [7, 11) is 1.24. The van der Waals surface area contributed by atoms with Crippen LogP contribution in [0.4, 0.5) is 5.69 Å². The number of methoxy groups -OCH3 is 1. The molecule has 1 amide bonds. The summed E-state index contributed by atoms with van der Waals surface area (Å²) < 4.78 is 5.85. The van der Waals surface area contributed by atoms with Crippen LogP contribution in [0.1, 0.15) is 16.1 Å². The third kappa shape index (κ3) is 3.82. The number of amides is 1. The number of carbonyl (C=O) groups excluding carboxylic acids is 2. The molecule has 0 radical (unpaired) electrons. The third-order valence-corrected chi connectivity index (χ3v) is 2.81. The van der Waals surface area contributed by atoms with Crippen molar-refractivity contribution < 1.29 is 14.3 Å². The summed E-state index contributed by atoms with van der Waals surface area (Å²) in [4.78, 5) is 23.2. The lowest BCUT2D eigenvalue weighted by molar-refractivity contribution is -0.122. The molecule has 0 saturated heterocycles. The van der Waals surface area contributed by atoms with Gasteiger partial charge < -0.3 is 15.8 Å². The van der Waals surface area contributed by atoms with E-state index in [1.165, 1.54) is 18.0 Å². The van der Waals surface area contributed by atoms with Gasteiger partial charge in [0.05, 0.1) is 12.8 Å². The summed E-state index contributed by atoms with van der Waals surface area (Å²) in [5, 5.41) is 6.69. The van der Waals surface area contributed by atoms with Gasteiger partial charge in [-0.2, -0.15) is 5.10 Å². The minimum atomic E-state index is -0.629. The lowest BCUT2D eigenvalue weighted by atomic mass is 10.2. The van der Waals surface area contributed by atoms with E-state index in [4.69, 9.17) is 5.73 Å². The van der Waals surface area contributed by atoms with Crippen LogP contribution < -0.4 is 11.1 Å². The molecule has 0 aliphatic carbocycles. The fraction of sp³-hybridized carbons (Fsp3) is 0.214. The molecule has 0 fully saturated rings. The van der Waals surface area contributed by atoms with Crippen molar-refractivity contribution in [3.05, 3.63) is 47.8 Å². The van der Waals surface area contributed by atoms with Crippen LogP contribution in [-0.4, -0.2) is 28.8 Å². The fourth-order valence-electron chi connectivity index (χ4n) is 1.77. The molecule has 7 heteroatoms. The monoisotopic (exact) mass is 288 g/mol. The van der Waals surface area contributed by atoms with Gasteiger partial charge in [-0.15, -0.1) is 0 Å². The van der Waals surface area contributed by atoms with E-state index in [0.717, 1.165) is 5.56 Å². The highest BCUT2D eigenvalue weighted by Gasteiger charge is 2.16. The highest BCUT2D eigenvalue weighted by atomic mass is 16.5. The van der Waals surface area contributed by atoms with Crippen LogP contribution in [0.3, 0.4) is 0 Å². The van der Waals surface area contributed by atoms with Gasteiger partial charge in [0.2, 0.25) is 5.91 Å². The van der Waals surface area contributed by atoms with Crippen LogP contribution in [0.15, 0.2) is 36.5 Å². The van der Waals surface area contributed by atoms with Crippen molar-refractivity contribution in [2.75, 3.05) is 12.8 Å². The maximum absolute atomic E-state index is 11.8. The first-order valence-electron chi connectivity index (χ1n) is 6.32. The number of carbonyl (C=O) groups is 2. The second-order valence-electron chi connectivity index (χ2n) is 4.38. The minimum Gasteiger partial charge on any atom is -0.464 e. The number of esters is 1. The average Bonchev–Trinajstić information content (AvgIpc) is 2.86. The van der Waals surface area contributed by atoms with Gasteiger partial charge in [0.15, 0.2) is 5.69 Å². The number of ether oxygens (including phenoxy) is 1. The van der Waals surface area contributed by atoms with E-state index in [0.29, 0.717) is 6.54 Å². The van der Waals surface area contributed by atoms with E-state index in [2.05, 4.69) is 15.2 Å². The Labute approximate surface area is 121 Å². The molecule has 0 aliphatic rings. The summed E-state index contributed by atoms with van der Waals surface area (Å²) in [5.41, 5.74) is 6.83. The number of nitrogens with zero attached hydrogens (tertiary/aromatic N) is 2. The predicted molar refractivity (Wildman–Crippen MR) is 76.3 cm³/mol. The van der Waals surface area contributed by atoms with E-state index < -0.39 is 5.97 Å². The average molecular weight is 288 g/mol. The largest absolute Gasteiger partial charge is 0.464 e. The molecule has 0 spiro atoms. The van der Waals surface area contributed by atoms with Crippen LogP contribution in [0.2, 0.25) is 0 Å². The number of hydrogen-bond acceptors (Lipinski definition) is 5. The third-order valence-electron chi connectivity index (χ3n) is 2.81. The van der Waals surface area contributed by atoms with Crippen molar-refractivity contribution in [3.8, 4) is 0 Å². The quantitative estimate of drug-likeness (QED) is 0.783. The second-order valence-corrected chi connectivity index (χ2v) is 4.38. The van der Waals surface area contributed by atoms with Gasteiger partial charge >= 0.3 is 5.97 Å². The van der Waals surface area contributed by atoms with Gasteiger partial charge in [-0.05, 0) is 5.56 Å². The summed E-state index contributed by atoms with van der Waals surface area (Å²) in [6.07, 6.45) is 1.42. The number of rotatable bonds is 5. The molecular formula is C14H16N4O3. The highest BCUT2D eigenvalue weighted by Crippen LogP contribution is 2.10. The first-order chi connectivity index (χ1) is 10.1. The van der Waals surface area contributed by atoms with Gasteiger partial charge in [-0.3, -0.25) is 9.48 Å². The van der Waals surface area contributed by atoms with Gasteiger partial charge in [-0.1, -0.05) is 30.3 Å². The topological polar surface area (TPSA) is 99.2 Å². The summed E-state index contributed by atoms with van der Waals surface area (Å²) in [5.74, 6) is -0.853. The normalized spacial score (nSPS) is 10.1. The molecule has 2 aromatic rings. The number of hydrogen-bond donors (Lipinski definition) is 2. The Morgan fingerprint density at radius 1 is 1.33 bits per heavy atom. The highest BCUT2D eigenvalue weighted by molar-refractivity contribution is 5.92. The molecule has 1 aromatic carbocycles. The maximum atomic E-state index is 11.8. The zero-order valence-corrected chi connectivity index (χ0v) is 11.6. The van der Waals surface area contributed by atoms with E-state index in [1.54, 1.807) is 0 Å². The zero-order chi connectivity index (χ0) is 15.2. The van der Waals surface area contributed by atoms with Gasteiger partial charge in [0, 0.05) is 12.7 Å². The smallest absolute Gasteiger partial charge is 0.360 e. The molecule has 110 valence electrons. The van der Waals surface area contributed by atoms with Crippen LogP contribution in [-0.2, 0) is 22.6 Å². The zero-order valence-electron chi connectivity index (χ0n) is 11.6. The van der Waals surface area contributed by atoms with Crippen molar-refractivity contribution in [3.63, 3.8) is 0 Å². The second kappa shape index (κ2) is 6.56. The number of nitrogens with two attached hydrogens (primary N) is 1. The van der Waals surface area contributed by atoms with E-state index in [9.17, 15) is 9.59 Å². The van der Waals surface area contributed by atoms with Crippen LogP contribution >= 0.6 is 0 Å². The lowest BCUT2D eigenvalue weighted by Gasteiger charge is -2.05. The maximum Gasteiger partial charge on any atom is 0.360 e. The molecule has 3 N–H and O–H groups in total. The van der Waals surface area contributed by atoms with E-state index in [1.807, 2.05) is 30.3 Å². The molecule has 1 heterocycles. The molecule has 0 unspecified atom stereocenters. The van der Waals surface area contributed by atoms with Gasteiger partial charge in [-0.25, -0.2) is 4.79 Å². The van der Waals surface area contributed by atoms with Crippen molar-refractivity contribution >= 4 is 17.6 Å². The first-order valence-corrected chi connectivity index (χ1v) is 6.32. The summed E-state index contributed by atoms with van der Waals surface area (Å²) in [6, 6.07) is 9.55. The fourth-order valence-corrected chi connectivity index (χ4v) is 1.77. The molecule has 0 aliphatic heterocycles. The summed E-state index contributed by atoms with van der Waals surface area (Å²) >= 11 is 0. The Morgan fingerprint density at radius 2 is 2.05 bits per heavy atom. The SMILES string of the molecule is COC(=O)c1nn(CC(=O)NCc2ccccc2)cc1N.